The van der Waals surface area contributed by atoms with Gasteiger partial charge in [-0.15, -0.1) is 0 Å². The molecule has 0 saturated carbocycles. The first-order chi connectivity index (χ1) is 17.5. The molecule has 15 heteroatoms. The van der Waals surface area contributed by atoms with Gasteiger partial charge in [-0.05, 0) is 5.53 Å². The number of esters is 5. The Kier molecular flexibility index (Phi) is 13.4. The molecule has 1 heterocycles. The summed E-state index contributed by atoms with van der Waals surface area (Å²) in [5, 5.41) is 3.55. The van der Waals surface area contributed by atoms with Gasteiger partial charge in [0.25, 0.3) is 0 Å². The molecule has 0 bridgehead atoms. The van der Waals surface area contributed by atoms with Gasteiger partial charge in [-0.3, -0.25) is 19.2 Å². The maximum atomic E-state index is 12.6. The molecule has 37 heavy (non-hydrogen) atoms. The number of ether oxygens (including phenoxy) is 7. The van der Waals surface area contributed by atoms with Crippen LogP contribution in [0.4, 0.5) is 0 Å². The van der Waals surface area contributed by atoms with Crippen molar-refractivity contribution in [2.24, 2.45) is 5.11 Å². The van der Waals surface area contributed by atoms with Gasteiger partial charge < -0.3 is 33.2 Å². The molecule has 0 aromatic rings. The van der Waals surface area contributed by atoms with Gasteiger partial charge in [0.1, 0.15) is 32.0 Å². The summed E-state index contributed by atoms with van der Waals surface area (Å²) in [7, 11) is 0. The molecule has 1 fully saturated rings. The second-order valence-electron chi connectivity index (χ2n) is 7.41. The Bertz CT molecular complexity index is 917. The standard InChI is InChI=1S/C22H29N3O12/c1-6-8-31-17(29)10-15(21(30)32-9-7-2)36-22-18(24-25-23)20(35-14(5)28)19(34-13(4)27)16(37-22)11-33-12(3)26/h6-7,15-16,18-20,22H,1-2,8-11H2,3-5H3/t15-,16+,18+,19+,20+,22-/m0/s1. The molecule has 204 valence electrons. The molecule has 1 aliphatic heterocycles. The van der Waals surface area contributed by atoms with Crippen molar-refractivity contribution in [2.45, 2.75) is 63.9 Å². The van der Waals surface area contributed by atoms with Crippen LogP contribution in [0.1, 0.15) is 27.2 Å². The molecule has 0 aromatic carbocycles. The highest BCUT2D eigenvalue weighted by molar-refractivity contribution is 5.82. The fourth-order valence-corrected chi connectivity index (χ4v) is 3.13. The summed E-state index contributed by atoms with van der Waals surface area (Å²) in [5.74, 6) is -4.24. The largest absolute Gasteiger partial charge is 0.463 e. The number of nitrogens with zero attached hydrogens (tertiary/aromatic N) is 3. The van der Waals surface area contributed by atoms with Crippen LogP contribution >= 0.6 is 0 Å². The van der Waals surface area contributed by atoms with E-state index in [1.807, 2.05) is 0 Å². The highest BCUT2D eigenvalue weighted by atomic mass is 16.7. The van der Waals surface area contributed by atoms with Gasteiger partial charge in [0.2, 0.25) is 0 Å². The molecule has 0 aliphatic carbocycles. The molecule has 1 saturated heterocycles. The second kappa shape index (κ2) is 15.9. The second-order valence-corrected chi connectivity index (χ2v) is 7.41. The quantitative estimate of drug-likeness (QED) is 0.0778. The van der Waals surface area contributed by atoms with E-state index in [-0.39, 0.29) is 13.2 Å². The van der Waals surface area contributed by atoms with E-state index in [1.165, 1.54) is 12.2 Å². The Morgan fingerprint density at radius 3 is 2.08 bits per heavy atom. The van der Waals surface area contributed by atoms with E-state index in [0.29, 0.717) is 0 Å². The number of hydrogen-bond acceptors (Lipinski definition) is 13. The minimum absolute atomic E-state index is 0.141. The van der Waals surface area contributed by atoms with E-state index < -0.39 is 79.6 Å². The third-order valence-corrected chi connectivity index (χ3v) is 4.47. The zero-order valence-corrected chi connectivity index (χ0v) is 20.6. The molecule has 15 nitrogen and oxygen atoms in total. The third-order valence-electron chi connectivity index (χ3n) is 4.47. The Morgan fingerprint density at radius 2 is 1.54 bits per heavy atom. The monoisotopic (exact) mass is 527 g/mol. The lowest BCUT2D eigenvalue weighted by atomic mass is 9.96. The first-order valence-electron chi connectivity index (χ1n) is 10.9. The first-order valence-corrected chi connectivity index (χ1v) is 10.9. The van der Waals surface area contributed by atoms with Crippen molar-refractivity contribution in [1.29, 1.82) is 0 Å². The van der Waals surface area contributed by atoms with Crippen molar-refractivity contribution in [3.63, 3.8) is 0 Å². The maximum absolute atomic E-state index is 12.6. The molecule has 0 radical (unpaired) electrons. The van der Waals surface area contributed by atoms with Crippen LogP contribution in [-0.4, -0.2) is 86.4 Å². The fourth-order valence-electron chi connectivity index (χ4n) is 3.13. The van der Waals surface area contributed by atoms with Gasteiger partial charge in [-0.1, -0.05) is 30.4 Å². The average Bonchev–Trinajstić information content (AvgIpc) is 2.82. The lowest BCUT2D eigenvalue weighted by molar-refractivity contribution is -0.283. The fraction of sp³-hybridized carbons (Fsp3) is 0.591. The van der Waals surface area contributed by atoms with Crippen LogP contribution in [0.15, 0.2) is 30.4 Å². The number of carbonyl (C=O) groups is 5. The lowest BCUT2D eigenvalue weighted by Crippen LogP contribution is -2.62. The summed E-state index contributed by atoms with van der Waals surface area (Å²) < 4.78 is 36.7. The van der Waals surface area contributed by atoms with Gasteiger partial charge in [-0.25, -0.2) is 4.79 Å². The number of rotatable bonds is 14. The SMILES string of the molecule is C=CCOC(=O)C[C@H](O[C@H]1O[C@H](COC(C)=O)[C@@H](OC(C)=O)[C@H](OC(C)=O)[C@H]1N=[N+]=[N-])C(=O)OCC=C. The van der Waals surface area contributed by atoms with Crippen molar-refractivity contribution in [3.05, 3.63) is 35.8 Å². The molecule has 0 aromatic heterocycles. The Hall–Kier alpha value is -3.94. The smallest absolute Gasteiger partial charge is 0.336 e. The maximum Gasteiger partial charge on any atom is 0.336 e. The first kappa shape index (κ1) is 31.1. The molecule has 6 atom stereocenters. The van der Waals surface area contributed by atoms with E-state index in [9.17, 15) is 24.0 Å². The van der Waals surface area contributed by atoms with Crippen LogP contribution in [0.3, 0.4) is 0 Å². The summed E-state index contributed by atoms with van der Waals surface area (Å²) in [6, 6.07) is -1.52. The zero-order valence-electron chi connectivity index (χ0n) is 20.6. The van der Waals surface area contributed by atoms with Crippen LogP contribution in [-0.2, 0) is 57.1 Å². The highest BCUT2D eigenvalue weighted by Gasteiger charge is 2.51. The van der Waals surface area contributed by atoms with Gasteiger partial charge in [-0.2, -0.15) is 0 Å². The van der Waals surface area contributed by atoms with Gasteiger partial charge >= 0.3 is 29.8 Å². The molecule has 0 N–H and O–H groups in total. The van der Waals surface area contributed by atoms with Crippen LogP contribution in [0.25, 0.3) is 10.4 Å². The minimum atomic E-state index is -1.67. The third kappa shape index (κ3) is 10.7. The summed E-state index contributed by atoms with van der Waals surface area (Å²) >= 11 is 0. The molecular formula is C22H29N3O12. The highest BCUT2D eigenvalue weighted by Crippen LogP contribution is 2.31. The average molecular weight is 527 g/mol. The van der Waals surface area contributed by atoms with Crippen molar-refractivity contribution in [3.8, 4) is 0 Å². The molecule has 0 spiro atoms. The van der Waals surface area contributed by atoms with Gasteiger partial charge in [0, 0.05) is 25.7 Å². The summed E-state index contributed by atoms with van der Waals surface area (Å²) in [6.07, 6.45) is -5.56. The molecule has 0 amide bonds. The lowest BCUT2D eigenvalue weighted by Gasteiger charge is -2.43. The summed E-state index contributed by atoms with van der Waals surface area (Å²) in [5.41, 5.74) is 9.14. The predicted molar refractivity (Wildman–Crippen MR) is 121 cm³/mol. The number of carbonyl (C=O) groups excluding carboxylic acids is 5. The topological polar surface area (TPSA) is 199 Å². The van der Waals surface area contributed by atoms with E-state index in [0.717, 1.165) is 20.8 Å². The normalized spacial score (nSPS) is 23.3. The Balaban J connectivity index is 3.43. The number of azide groups is 1. The van der Waals surface area contributed by atoms with Crippen LogP contribution < -0.4 is 0 Å². The molecule has 1 rings (SSSR count). The van der Waals surface area contributed by atoms with Crippen molar-refractivity contribution in [1.82, 2.24) is 0 Å². The van der Waals surface area contributed by atoms with E-state index in [1.54, 1.807) is 0 Å². The summed E-state index contributed by atoms with van der Waals surface area (Å²) in [6.45, 7) is 9.22. The molecular weight excluding hydrogens is 498 g/mol. The Morgan fingerprint density at radius 1 is 0.946 bits per heavy atom. The minimum Gasteiger partial charge on any atom is -0.463 e. The predicted octanol–water partition coefficient (Wildman–Crippen LogP) is 1.05. The van der Waals surface area contributed by atoms with Crippen molar-refractivity contribution >= 4 is 29.8 Å². The zero-order chi connectivity index (χ0) is 28.0. The van der Waals surface area contributed by atoms with Crippen LogP contribution in [0.2, 0.25) is 0 Å². The summed E-state index contributed by atoms with van der Waals surface area (Å²) in [4.78, 5) is 62.5. The van der Waals surface area contributed by atoms with E-state index in [4.69, 9.17) is 38.7 Å². The molecule has 1 aliphatic rings. The number of hydrogen-bond donors (Lipinski definition) is 0. The van der Waals surface area contributed by atoms with E-state index in [2.05, 4.69) is 23.2 Å². The van der Waals surface area contributed by atoms with Crippen molar-refractivity contribution in [2.75, 3.05) is 19.8 Å². The van der Waals surface area contributed by atoms with Crippen LogP contribution in [0.5, 0.6) is 0 Å². The van der Waals surface area contributed by atoms with Gasteiger partial charge in [0.15, 0.2) is 24.6 Å². The Labute approximate surface area is 212 Å². The van der Waals surface area contributed by atoms with Crippen molar-refractivity contribution < 1.29 is 57.1 Å². The van der Waals surface area contributed by atoms with Gasteiger partial charge in [0.05, 0.1) is 6.42 Å². The van der Waals surface area contributed by atoms with Crippen LogP contribution in [0, 0.1) is 0 Å². The molecule has 0 unspecified atom stereocenters. The van der Waals surface area contributed by atoms with E-state index >= 15 is 0 Å².